The first kappa shape index (κ1) is 9.24. The molecule has 1 nitrogen and oxygen atoms in total. The summed E-state index contributed by atoms with van der Waals surface area (Å²) < 4.78 is 0. The predicted molar refractivity (Wildman–Crippen MR) is 50.9 cm³/mol. The average Bonchev–Trinajstić information content (AvgIpc) is 2.06. The van der Waals surface area contributed by atoms with E-state index in [1.165, 1.54) is 24.8 Å². The summed E-state index contributed by atoms with van der Waals surface area (Å²) in [7, 11) is 0. The Morgan fingerprint density at radius 1 is 1.67 bits per heavy atom. The molecule has 0 aromatic carbocycles. The van der Waals surface area contributed by atoms with Gasteiger partial charge in [0, 0.05) is 0 Å². The minimum atomic E-state index is 0.676. The van der Waals surface area contributed by atoms with Crippen LogP contribution in [0.15, 0.2) is 23.8 Å². The Hall–Kier alpha value is -0.850. The van der Waals surface area contributed by atoms with Gasteiger partial charge in [0.1, 0.15) is 6.29 Å². The molecule has 1 atom stereocenters. The lowest BCUT2D eigenvalue weighted by atomic mass is 9.90. The zero-order valence-electron chi connectivity index (χ0n) is 7.62. The van der Waals surface area contributed by atoms with Crippen LogP contribution in [0.25, 0.3) is 0 Å². The Balaban J connectivity index is 2.39. The highest BCUT2D eigenvalue weighted by Crippen LogP contribution is 2.23. The molecular formula is C11H16O. The van der Waals surface area contributed by atoms with E-state index in [4.69, 9.17) is 0 Å². The molecular weight excluding hydrogens is 148 g/mol. The van der Waals surface area contributed by atoms with Crippen LogP contribution in [0.4, 0.5) is 0 Å². The van der Waals surface area contributed by atoms with Crippen LogP contribution in [-0.2, 0) is 4.79 Å². The van der Waals surface area contributed by atoms with E-state index in [9.17, 15) is 4.79 Å². The number of hydrogen-bond donors (Lipinski definition) is 0. The first-order chi connectivity index (χ1) is 5.83. The van der Waals surface area contributed by atoms with Crippen LogP contribution in [0.3, 0.4) is 0 Å². The van der Waals surface area contributed by atoms with Crippen LogP contribution < -0.4 is 0 Å². The lowest BCUT2D eigenvalue weighted by Crippen LogP contribution is -2.01. The summed E-state index contributed by atoms with van der Waals surface area (Å²) in [6.07, 6.45) is 11.9. The molecule has 0 fully saturated rings. The third kappa shape index (κ3) is 3.04. The zero-order valence-corrected chi connectivity index (χ0v) is 7.62. The van der Waals surface area contributed by atoms with Crippen molar-refractivity contribution in [2.45, 2.75) is 32.6 Å². The summed E-state index contributed by atoms with van der Waals surface area (Å²) in [6.45, 7) is 2.02. The first-order valence-corrected chi connectivity index (χ1v) is 4.60. The van der Waals surface area contributed by atoms with E-state index < -0.39 is 0 Å². The number of allylic oxidation sites excluding steroid dienone is 4. The average molecular weight is 164 g/mol. The highest BCUT2D eigenvalue weighted by Gasteiger charge is 2.07. The molecule has 0 spiro atoms. The Morgan fingerprint density at radius 2 is 2.50 bits per heavy atom. The molecule has 12 heavy (non-hydrogen) atoms. The van der Waals surface area contributed by atoms with Gasteiger partial charge < -0.3 is 0 Å². The molecule has 0 saturated heterocycles. The van der Waals surface area contributed by atoms with Crippen LogP contribution in [-0.4, -0.2) is 6.29 Å². The molecule has 1 heteroatoms. The van der Waals surface area contributed by atoms with Gasteiger partial charge in [-0.15, -0.1) is 0 Å². The fourth-order valence-corrected chi connectivity index (χ4v) is 1.65. The number of rotatable bonds is 3. The van der Waals surface area contributed by atoms with Gasteiger partial charge in [0.25, 0.3) is 0 Å². The third-order valence-corrected chi connectivity index (χ3v) is 2.29. The molecule has 0 amide bonds. The van der Waals surface area contributed by atoms with Crippen LogP contribution in [0.1, 0.15) is 32.6 Å². The minimum Gasteiger partial charge on any atom is -0.299 e. The maximum atomic E-state index is 10.2. The summed E-state index contributed by atoms with van der Waals surface area (Å²) in [6, 6.07) is 0. The van der Waals surface area contributed by atoms with Gasteiger partial charge in [-0.3, -0.25) is 4.79 Å². The molecule has 1 aliphatic carbocycles. The monoisotopic (exact) mass is 164 g/mol. The molecule has 0 bridgehead atoms. The van der Waals surface area contributed by atoms with Gasteiger partial charge in [-0.25, -0.2) is 0 Å². The number of carbonyl (C=O) groups is 1. The molecule has 0 radical (unpaired) electrons. The van der Waals surface area contributed by atoms with E-state index >= 15 is 0 Å². The Kier molecular flexibility index (Phi) is 3.78. The quantitative estimate of drug-likeness (QED) is 0.356. The van der Waals surface area contributed by atoms with Crippen molar-refractivity contribution in [3.8, 4) is 0 Å². The molecule has 0 saturated carbocycles. The van der Waals surface area contributed by atoms with Gasteiger partial charge in [0.2, 0.25) is 0 Å². The largest absolute Gasteiger partial charge is 0.299 e. The van der Waals surface area contributed by atoms with E-state index in [1.807, 2.05) is 6.92 Å². The fourth-order valence-electron chi connectivity index (χ4n) is 1.65. The van der Waals surface area contributed by atoms with Gasteiger partial charge in [0.15, 0.2) is 0 Å². The van der Waals surface area contributed by atoms with Crippen LogP contribution >= 0.6 is 0 Å². The maximum absolute atomic E-state index is 10.2. The van der Waals surface area contributed by atoms with Crippen molar-refractivity contribution in [1.29, 1.82) is 0 Å². The first-order valence-electron chi connectivity index (χ1n) is 4.60. The second kappa shape index (κ2) is 4.91. The fraction of sp³-hybridized carbons (Fsp3) is 0.545. The topological polar surface area (TPSA) is 17.1 Å². The van der Waals surface area contributed by atoms with E-state index in [0.717, 1.165) is 12.7 Å². The maximum Gasteiger partial charge on any atom is 0.142 e. The van der Waals surface area contributed by atoms with Gasteiger partial charge in [-0.05, 0) is 44.6 Å². The Morgan fingerprint density at radius 3 is 3.08 bits per heavy atom. The zero-order chi connectivity index (χ0) is 8.81. The van der Waals surface area contributed by atoms with E-state index in [1.54, 1.807) is 6.08 Å². The van der Waals surface area contributed by atoms with Crippen molar-refractivity contribution < 1.29 is 4.79 Å². The lowest BCUT2D eigenvalue weighted by Gasteiger charge is -2.15. The predicted octanol–water partition coefficient (Wildman–Crippen LogP) is 2.88. The normalized spacial score (nSPS) is 24.1. The molecule has 1 rings (SSSR count). The number of carbonyl (C=O) groups excluding carboxylic acids is 1. The van der Waals surface area contributed by atoms with Gasteiger partial charge >= 0.3 is 0 Å². The molecule has 66 valence electrons. The highest BCUT2D eigenvalue weighted by atomic mass is 16.1. The number of aldehydes is 1. The Labute approximate surface area is 74.2 Å². The van der Waals surface area contributed by atoms with Crippen molar-refractivity contribution in [1.82, 2.24) is 0 Å². The summed E-state index contributed by atoms with van der Waals surface area (Å²) >= 11 is 0. The van der Waals surface area contributed by atoms with Crippen molar-refractivity contribution in [2.24, 2.45) is 5.92 Å². The molecule has 1 aliphatic rings. The van der Waals surface area contributed by atoms with Crippen molar-refractivity contribution >= 4 is 6.29 Å². The molecule has 0 aromatic heterocycles. The molecule has 0 heterocycles. The lowest BCUT2D eigenvalue weighted by molar-refractivity contribution is -0.104. The summed E-state index contributed by atoms with van der Waals surface area (Å²) in [5, 5.41) is 0. The Bertz CT molecular complexity index is 201. The van der Waals surface area contributed by atoms with Crippen molar-refractivity contribution in [3.63, 3.8) is 0 Å². The SMILES string of the molecule is C/C(=C\C=O)CC1C=CCCC1. The second-order valence-corrected chi connectivity index (χ2v) is 3.47. The van der Waals surface area contributed by atoms with Crippen LogP contribution in [0.5, 0.6) is 0 Å². The molecule has 0 aromatic rings. The standard InChI is InChI=1S/C11H16O/c1-10(7-8-12)9-11-5-3-2-4-6-11/h3,5,7-8,11H,2,4,6,9H2,1H3/b10-7+. The van der Waals surface area contributed by atoms with E-state index in [2.05, 4.69) is 12.2 Å². The molecule has 0 N–H and O–H groups in total. The number of hydrogen-bond acceptors (Lipinski definition) is 1. The highest BCUT2D eigenvalue weighted by molar-refractivity contribution is 5.65. The summed E-state index contributed by atoms with van der Waals surface area (Å²) in [5.74, 6) is 0.676. The molecule has 0 aliphatic heterocycles. The third-order valence-electron chi connectivity index (χ3n) is 2.29. The van der Waals surface area contributed by atoms with E-state index in [-0.39, 0.29) is 0 Å². The van der Waals surface area contributed by atoms with Crippen molar-refractivity contribution in [3.05, 3.63) is 23.8 Å². The summed E-state index contributed by atoms with van der Waals surface area (Å²) in [5.41, 5.74) is 1.20. The van der Waals surface area contributed by atoms with Gasteiger partial charge in [-0.1, -0.05) is 17.7 Å². The molecule has 1 unspecified atom stereocenters. The smallest absolute Gasteiger partial charge is 0.142 e. The van der Waals surface area contributed by atoms with E-state index in [0.29, 0.717) is 5.92 Å². The summed E-state index contributed by atoms with van der Waals surface area (Å²) in [4.78, 5) is 10.2. The van der Waals surface area contributed by atoms with Crippen LogP contribution in [0, 0.1) is 5.92 Å². The minimum absolute atomic E-state index is 0.676. The van der Waals surface area contributed by atoms with Crippen molar-refractivity contribution in [2.75, 3.05) is 0 Å². The second-order valence-electron chi connectivity index (χ2n) is 3.47. The van der Waals surface area contributed by atoms with Gasteiger partial charge in [0.05, 0.1) is 0 Å². The van der Waals surface area contributed by atoms with Gasteiger partial charge in [-0.2, -0.15) is 0 Å². The van der Waals surface area contributed by atoms with Crippen LogP contribution in [0.2, 0.25) is 0 Å².